The minimum absolute atomic E-state index is 0.533. The predicted octanol–water partition coefficient (Wildman–Crippen LogP) is 1.47. The molecule has 0 amide bonds. The Morgan fingerprint density at radius 3 is 2.75 bits per heavy atom. The van der Waals surface area contributed by atoms with Crippen LogP contribution < -0.4 is 5.73 Å². The molecule has 2 unspecified atom stereocenters. The second-order valence-corrected chi connectivity index (χ2v) is 5.46. The number of rotatable bonds is 4. The Morgan fingerprint density at radius 2 is 2.12 bits per heavy atom. The first-order valence-corrected chi connectivity index (χ1v) is 6.80. The van der Waals surface area contributed by atoms with Crippen molar-refractivity contribution in [3.63, 3.8) is 0 Å². The van der Waals surface area contributed by atoms with Crippen LogP contribution >= 0.6 is 0 Å². The van der Waals surface area contributed by atoms with Crippen LogP contribution in [0.15, 0.2) is 0 Å². The van der Waals surface area contributed by atoms with E-state index in [0.29, 0.717) is 12.0 Å². The minimum Gasteiger partial charge on any atom is -0.378 e. The Bertz CT molecular complexity index is 216. The van der Waals surface area contributed by atoms with Crippen molar-refractivity contribution in [3.05, 3.63) is 0 Å². The lowest BCUT2D eigenvalue weighted by molar-refractivity contribution is -0.0596. The highest BCUT2D eigenvalue weighted by Crippen LogP contribution is 2.32. The molecular weight excluding hydrogens is 200 g/mol. The second-order valence-electron chi connectivity index (χ2n) is 5.46. The molecule has 3 nitrogen and oxygen atoms in total. The van der Waals surface area contributed by atoms with E-state index in [1.165, 1.54) is 32.4 Å². The summed E-state index contributed by atoms with van der Waals surface area (Å²) in [7, 11) is 0. The van der Waals surface area contributed by atoms with Gasteiger partial charge in [-0.2, -0.15) is 0 Å². The number of hydrogen-bond donors (Lipinski definition) is 1. The highest BCUT2D eigenvalue weighted by molar-refractivity contribution is 4.91. The normalized spacial score (nSPS) is 40.7. The molecule has 0 aromatic rings. The third kappa shape index (κ3) is 2.58. The molecule has 1 saturated heterocycles. The van der Waals surface area contributed by atoms with Gasteiger partial charge in [0.05, 0.1) is 6.10 Å². The Labute approximate surface area is 99.3 Å². The zero-order valence-corrected chi connectivity index (χ0v) is 10.7. The average Bonchev–Trinajstić information content (AvgIpc) is 2.24. The number of nitrogens with zero attached hydrogens (tertiary/aromatic N) is 1. The molecule has 2 atom stereocenters. The molecule has 0 aromatic carbocycles. The maximum absolute atomic E-state index is 5.84. The summed E-state index contributed by atoms with van der Waals surface area (Å²) in [5.41, 5.74) is 5.84. The Kier molecular flexibility index (Phi) is 4.22. The third-order valence-corrected chi connectivity index (χ3v) is 4.44. The van der Waals surface area contributed by atoms with E-state index >= 15 is 0 Å². The Morgan fingerprint density at radius 1 is 1.38 bits per heavy atom. The van der Waals surface area contributed by atoms with Crippen LogP contribution in [0.3, 0.4) is 0 Å². The van der Waals surface area contributed by atoms with E-state index in [1.54, 1.807) is 0 Å². The quantitative estimate of drug-likeness (QED) is 0.789. The molecule has 1 aliphatic heterocycles. The number of ether oxygens (including phenoxy) is 1. The number of nitrogens with two attached hydrogens (primary N) is 1. The molecule has 94 valence electrons. The highest BCUT2D eigenvalue weighted by atomic mass is 16.5. The molecular formula is C13H26N2O. The SMILES string of the molecule is CCOC1CC(N2CCC(C)C(CN)C2)C1. The lowest BCUT2D eigenvalue weighted by Gasteiger charge is -2.47. The smallest absolute Gasteiger partial charge is 0.0604 e. The van der Waals surface area contributed by atoms with Crippen LogP contribution in [0.25, 0.3) is 0 Å². The van der Waals surface area contributed by atoms with Crippen molar-refractivity contribution >= 4 is 0 Å². The number of hydrogen-bond acceptors (Lipinski definition) is 3. The molecule has 0 spiro atoms. The van der Waals surface area contributed by atoms with Crippen molar-refractivity contribution in [2.24, 2.45) is 17.6 Å². The molecule has 0 aromatic heterocycles. The van der Waals surface area contributed by atoms with Crippen LogP contribution in [0.1, 0.15) is 33.1 Å². The van der Waals surface area contributed by atoms with Crippen LogP contribution in [-0.4, -0.2) is 43.3 Å². The first-order valence-electron chi connectivity index (χ1n) is 6.80. The summed E-state index contributed by atoms with van der Waals surface area (Å²) < 4.78 is 5.62. The molecule has 2 aliphatic rings. The van der Waals surface area contributed by atoms with Gasteiger partial charge in [-0.05, 0) is 51.1 Å². The van der Waals surface area contributed by atoms with Gasteiger partial charge in [-0.15, -0.1) is 0 Å². The zero-order valence-electron chi connectivity index (χ0n) is 10.7. The van der Waals surface area contributed by atoms with Crippen molar-refractivity contribution in [2.75, 3.05) is 26.2 Å². The molecule has 1 saturated carbocycles. The summed E-state index contributed by atoms with van der Waals surface area (Å²) in [6.45, 7) is 8.61. The Hall–Kier alpha value is -0.120. The Balaban J connectivity index is 1.75. The van der Waals surface area contributed by atoms with E-state index < -0.39 is 0 Å². The van der Waals surface area contributed by atoms with Gasteiger partial charge in [-0.25, -0.2) is 0 Å². The first-order chi connectivity index (χ1) is 7.74. The average molecular weight is 226 g/mol. The molecule has 2 rings (SSSR count). The summed E-state index contributed by atoms with van der Waals surface area (Å²) >= 11 is 0. The first kappa shape index (κ1) is 12.3. The van der Waals surface area contributed by atoms with E-state index in [-0.39, 0.29) is 0 Å². The van der Waals surface area contributed by atoms with Gasteiger partial charge in [0.2, 0.25) is 0 Å². The molecule has 16 heavy (non-hydrogen) atoms. The molecule has 2 N–H and O–H groups in total. The van der Waals surface area contributed by atoms with Gasteiger partial charge in [0.1, 0.15) is 0 Å². The van der Waals surface area contributed by atoms with Crippen LogP contribution in [0.4, 0.5) is 0 Å². The van der Waals surface area contributed by atoms with Gasteiger partial charge >= 0.3 is 0 Å². The highest BCUT2D eigenvalue weighted by Gasteiger charge is 2.37. The van der Waals surface area contributed by atoms with Crippen molar-refractivity contribution < 1.29 is 4.74 Å². The van der Waals surface area contributed by atoms with E-state index in [0.717, 1.165) is 25.1 Å². The third-order valence-electron chi connectivity index (χ3n) is 4.44. The number of likely N-dealkylation sites (tertiary alicyclic amines) is 1. The predicted molar refractivity (Wildman–Crippen MR) is 66.3 cm³/mol. The molecule has 1 heterocycles. The summed E-state index contributed by atoms with van der Waals surface area (Å²) in [5.74, 6) is 1.52. The summed E-state index contributed by atoms with van der Waals surface area (Å²) in [6, 6.07) is 0.776. The summed E-state index contributed by atoms with van der Waals surface area (Å²) in [6.07, 6.45) is 4.32. The molecule has 1 aliphatic carbocycles. The van der Waals surface area contributed by atoms with Crippen LogP contribution in [0, 0.1) is 11.8 Å². The van der Waals surface area contributed by atoms with E-state index in [2.05, 4.69) is 18.7 Å². The fraction of sp³-hybridized carbons (Fsp3) is 1.00. The zero-order chi connectivity index (χ0) is 11.5. The fourth-order valence-corrected chi connectivity index (χ4v) is 3.02. The van der Waals surface area contributed by atoms with E-state index in [9.17, 15) is 0 Å². The molecule has 2 fully saturated rings. The van der Waals surface area contributed by atoms with Gasteiger partial charge < -0.3 is 10.5 Å². The van der Waals surface area contributed by atoms with Gasteiger partial charge in [0, 0.05) is 19.2 Å². The topological polar surface area (TPSA) is 38.5 Å². The van der Waals surface area contributed by atoms with E-state index in [1.807, 2.05) is 0 Å². The minimum atomic E-state index is 0.533. The lowest BCUT2D eigenvalue weighted by Crippen LogP contribution is -2.53. The molecule has 3 heteroatoms. The van der Waals surface area contributed by atoms with Gasteiger partial charge in [-0.3, -0.25) is 4.90 Å². The lowest BCUT2D eigenvalue weighted by atomic mass is 9.82. The second kappa shape index (κ2) is 5.48. The number of piperidine rings is 1. The van der Waals surface area contributed by atoms with Crippen LogP contribution in [-0.2, 0) is 4.74 Å². The van der Waals surface area contributed by atoms with Crippen molar-refractivity contribution in [1.82, 2.24) is 4.90 Å². The summed E-state index contributed by atoms with van der Waals surface area (Å²) in [4.78, 5) is 2.65. The fourth-order valence-electron chi connectivity index (χ4n) is 3.02. The van der Waals surface area contributed by atoms with Crippen molar-refractivity contribution in [1.29, 1.82) is 0 Å². The summed E-state index contributed by atoms with van der Waals surface area (Å²) in [5, 5.41) is 0. The van der Waals surface area contributed by atoms with Gasteiger partial charge in [0.25, 0.3) is 0 Å². The van der Waals surface area contributed by atoms with Crippen molar-refractivity contribution in [3.8, 4) is 0 Å². The van der Waals surface area contributed by atoms with E-state index in [4.69, 9.17) is 10.5 Å². The van der Waals surface area contributed by atoms with Gasteiger partial charge in [0.15, 0.2) is 0 Å². The van der Waals surface area contributed by atoms with Crippen molar-refractivity contribution in [2.45, 2.75) is 45.3 Å². The monoisotopic (exact) mass is 226 g/mol. The maximum Gasteiger partial charge on any atom is 0.0604 e. The maximum atomic E-state index is 5.84. The van der Waals surface area contributed by atoms with Crippen LogP contribution in [0.2, 0.25) is 0 Å². The van der Waals surface area contributed by atoms with Crippen LogP contribution in [0.5, 0.6) is 0 Å². The largest absolute Gasteiger partial charge is 0.378 e. The van der Waals surface area contributed by atoms with Gasteiger partial charge in [-0.1, -0.05) is 6.92 Å². The molecule has 0 bridgehead atoms. The standard InChI is InChI=1S/C13H26N2O/c1-3-16-13-6-12(7-13)15-5-4-10(2)11(8-14)9-15/h10-13H,3-9,14H2,1-2H3. The molecule has 0 radical (unpaired) electrons.